The molecule has 1 rings (SSSR count). The Hall–Kier alpha value is -1.84. The summed E-state index contributed by atoms with van der Waals surface area (Å²) in [5, 5.41) is 8.79. The van der Waals surface area contributed by atoms with Crippen LogP contribution in [0, 0.1) is 12.7 Å². The van der Waals surface area contributed by atoms with Crippen LogP contribution in [-0.2, 0) is 4.79 Å². The Morgan fingerprint density at radius 2 is 2.24 bits per heavy atom. The molecular weight excluding hydrogens is 223 g/mol. The maximum absolute atomic E-state index is 12.9. The molecular formula is C13H15FO3. The summed E-state index contributed by atoms with van der Waals surface area (Å²) in [5.41, 5.74) is 1.10. The number of aryl methyl sites for hydroxylation is 1. The third kappa shape index (κ3) is 3.90. The Balaban J connectivity index is 2.67. The van der Waals surface area contributed by atoms with Crippen molar-refractivity contribution >= 4 is 5.97 Å². The molecule has 0 atom stereocenters. The zero-order chi connectivity index (χ0) is 12.8. The number of carboxylic acids is 1. The van der Waals surface area contributed by atoms with Gasteiger partial charge in [-0.05, 0) is 31.1 Å². The predicted octanol–water partition coefficient (Wildman–Crippen LogP) is 2.93. The minimum atomic E-state index is -0.952. The van der Waals surface area contributed by atoms with Crippen LogP contribution >= 0.6 is 0 Å². The summed E-state index contributed by atoms with van der Waals surface area (Å²) in [6.45, 7) is 3.68. The van der Waals surface area contributed by atoms with Gasteiger partial charge >= 0.3 is 5.97 Å². The van der Waals surface area contributed by atoms with Gasteiger partial charge in [0.05, 0.1) is 0 Å². The molecule has 0 saturated carbocycles. The van der Waals surface area contributed by atoms with E-state index in [1.54, 1.807) is 19.9 Å². The monoisotopic (exact) mass is 238 g/mol. The molecule has 0 aromatic heterocycles. The highest BCUT2D eigenvalue weighted by Gasteiger charge is 2.04. The predicted molar refractivity (Wildman–Crippen MR) is 62.6 cm³/mol. The number of rotatable bonds is 5. The quantitative estimate of drug-likeness (QED) is 0.802. The van der Waals surface area contributed by atoms with E-state index in [9.17, 15) is 9.18 Å². The van der Waals surface area contributed by atoms with Crippen LogP contribution < -0.4 is 4.74 Å². The van der Waals surface area contributed by atoms with Gasteiger partial charge in [0, 0.05) is 11.6 Å². The summed E-state index contributed by atoms with van der Waals surface area (Å²) in [4.78, 5) is 10.7. The number of ether oxygens (including phenoxy) is 1. The van der Waals surface area contributed by atoms with Gasteiger partial charge in [-0.1, -0.05) is 13.0 Å². The SMILES string of the molecule is CC/C(=C/COc1cc(F)ccc1C)C(=O)O. The average molecular weight is 238 g/mol. The molecule has 92 valence electrons. The van der Waals surface area contributed by atoms with Crippen molar-refractivity contribution in [3.63, 3.8) is 0 Å². The van der Waals surface area contributed by atoms with Crippen LogP contribution in [0.3, 0.4) is 0 Å². The average Bonchev–Trinajstić information content (AvgIpc) is 2.28. The number of aliphatic carboxylic acids is 1. The van der Waals surface area contributed by atoms with Crippen LogP contribution in [0.2, 0.25) is 0 Å². The lowest BCUT2D eigenvalue weighted by molar-refractivity contribution is -0.132. The van der Waals surface area contributed by atoms with Crippen molar-refractivity contribution in [1.82, 2.24) is 0 Å². The van der Waals surface area contributed by atoms with E-state index in [0.29, 0.717) is 17.7 Å². The molecule has 3 nitrogen and oxygen atoms in total. The number of halogens is 1. The van der Waals surface area contributed by atoms with Gasteiger partial charge in [0.1, 0.15) is 18.2 Å². The molecule has 0 spiro atoms. The molecule has 0 fully saturated rings. The van der Waals surface area contributed by atoms with Gasteiger partial charge in [0.2, 0.25) is 0 Å². The van der Waals surface area contributed by atoms with Crippen molar-refractivity contribution in [3.05, 3.63) is 41.2 Å². The smallest absolute Gasteiger partial charge is 0.331 e. The Bertz CT molecular complexity index is 438. The molecule has 0 amide bonds. The summed E-state index contributed by atoms with van der Waals surface area (Å²) in [6, 6.07) is 4.26. The molecule has 1 aromatic carbocycles. The van der Waals surface area contributed by atoms with Crippen molar-refractivity contribution in [2.45, 2.75) is 20.3 Å². The van der Waals surface area contributed by atoms with Crippen molar-refractivity contribution in [1.29, 1.82) is 0 Å². The summed E-state index contributed by atoms with van der Waals surface area (Å²) in [7, 11) is 0. The molecule has 0 aliphatic heterocycles. The molecule has 0 saturated heterocycles. The minimum absolute atomic E-state index is 0.125. The first-order valence-corrected chi connectivity index (χ1v) is 5.36. The van der Waals surface area contributed by atoms with Gasteiger partial charge in [0.15, 0.2) is 0 Å². The van der Waals surface area contributed by atoms with Crippen molar-refractivity contribution in [2.24, 2.45) is 0 Å². The summed E-state index contributed by atoms with van der Waals surface area (Å²) in [5.74, 6) is -0.891. The highest BCUT2D eigenvalue weighted by molar-refractivity contribution is 5.86. The van der Waals surface area contributed by atoms with Gasteiger partial charge in [-0.2, -0.15) is 0 Å². The molecule has 17 heavy (non-hydrogen) atoms. The van der Waals surface area contributed by atoms with Crippen molar-refractivity contribution in [2.75, 3.05) is 6.61 Å². The van der Waals surface area contributed by atoms with Gasteiger partial charge in [-0.3, -0.25) is 0 Å². The second kappa shape index (κ2) is 6.03. The van der Waals surface area contributed by atoms with Crippen molar-refractivity contribution in [3.8, 4) is 5.75 Å². The first-order chi connectivity index (χ1) is 8.04. The maximum Gasteiger partial charge on any atom is 0.331 e. The zero-order valence-corrected chi connectivity index (χ0v) is 9.87. The standard InChI is InChI=1S/C13H15FO3/c1-3-10(13(15)16)6-7-17-12-8-11(14)5-4-9(12)2/h4-6,8H,3,7H2,1-2H3,(H,15,16)/b10-6-. The van der Waals surface area contributed by atoms with E-state index >= 15 is 0 Å². The Morgan fingerprint density at radius 1 is 1.53 bits per heavy atom. The molecule has 0 unspecified atom stereocenters. The molecule has 1 N–H and O–H groups in total. The van der Waals surface area contributed by atoms with E-state index in [1.165, 1.54) is 18.2 Å². The number of carbonyl (C=O) groups is 1. The third-order valence-corrected chi connectivity index (χ3v) is 2.37. The van der Waals surface area contributed by atoms with Gasteiger partial charge in [0.25, 0.3) is 0 Å². The first kappa shape index (κ1) is 13.2. The van der Waals surface area contributed by atoms with Crippen LogP contribution in [0.15, 0.2) is 29.8 Å². The largest absolute Gasteiger partial charge is 0.489 e. The fourth-order valence-electron chi connectivity index (χ4n) is 1.34. The summed E-state index contributed by atoms with van der Waals surface area (Å²) in [6.07, 6.45) is 1.92. The van der Waals surface area contributed by atoms with Crippen LogP contribution in [-0.4, -0.2) is 17.7 Å². The Morgan fingerprint density at radius 3 is 2.82 bits per heavy atom. The van der Waals surface area contributed by atoms with E-state index in [-0.39, 0.29) is 12.4 Å². The van der Waals surface area contributed by atoms with E-state index in [4.69, 9.17) is 9.84 Å². The highest BCUT2D eigenvalue weighted by atomic mass is 19.1. The number of benzene rings is 1. The lowest BCUT2D eigenvalue weighted by atomic mass is 10.2. The third-order valence-electron chi connectivity index (χ3n) is 2.37. The van der Waals surface area contributed by atoms with Gasteiger partial charge in [-0.15, -0.1) is 0 Å². The van der Waals surface area contributed by atoms with E-state index in [2.05, 4.69) is 0 Å². The Kier molecular flexibility index (Phi) is 4.69. The number of hydrogen-bond acceptors (Lipinski definition) is 2. The zero-order valence-electron chi connectivity index (χ0n) is 9.87. The van der Waals surface area contributed by atoms with Crippen LogP contribution in [0.5, 0.6) is 5.75 Å². The number of hydrogen-bond donors (Lipinski definition) is 1. The molecule has 0 radical (unpaired) electrons. The van der Waals surface area contributed by atoms with Gasteiger partial charge < -0.3 is 9.84 Å². The van der Waals surface area contributed by atoms with Crippen LogP contribution in [0.4, 0.5) is 4.39 Å². The first-order valence-electron chi connectivity index (χ1n) is 5.36. The van der Waals surface area contributed by atoms with Crippen LogP contribution in [0.25, 0.3) is 0 Å². The molecule has 0 heterocycles. The molecule has 0 aliphatic rings. The van der Waals surface area contributed by atoms with E-state index in [1.807, 2.05) is 0 Å². The molecule has 4 heteroatoms. The molecule has 0 aliphatic carbocycles. The Labute approximate surface area is 99.5 Å². The fourth-order valence-corrected chi connectivity index (χ4v) is 1.34. The highest BCUT2D eigenvalue weighted by Crippen LogP contribution is 2.18. The number of carboxylic acid groups (broad SMARTS) is 1. The normalized spacial score (nSPS) is 11.4. The minimum Gasteiger partial charge on any atom is -0.489 e. The maximum atomic E-state index is 12.9. The van der Waals surface area contributed by atoms with E-state index in [0.717, 1.165) is 5.56 Å². The summed E-state index contributed by atoms with van der Waals surface area (Å²) < 4.78 is 18.3. The topological polar surface area (TPSA) is 46.5 Å². The van der Waals surface area contributed by atoms with Gasteiger partial charge in [-0.25, -0.2) is 9.18 Å². The molecule has 1 aromatic rings. The lowest BCUT2D eigenvalue weighted by Gasteiger charge is -2.07. The summed E-state index contributed by atoms with van der Waals surface area (Å²) >= 11 is 0. The molecule has 0 bridgehead atoms. The lowest BCUT2D eigenvalue weighted by Crippen LogP contribution is -2.03. The van der Waals surface area contributed by atoms with Crippen molar-refractivity contribution < 1.29 is 19.0 Å². The second-order valence-electron chi connectivity index (χ2n) is 3.61. The second-order valence-corrected chi connectivity index (χ2v) is 3.61. The fraction of sp³-hybridized carbons (Fsp3) is 0.308. The van der Waals surface area contributed by atoms with Crippen LogP contribution in [0.1, 0.15) is 18.9 Å². The van der Waals surface area contributed by atoms with E-state index < -0.39 is 5.97 Å².